The highest BCUT2D eigenvalue weighted by Gasteiger charge is 2.17. The molecule has 0 saturated carbocycles. The molecule has 0 bridgehead atoms. The zero-order valence-corrected chi connectivity index (χ0v) is 12.8. The van der Waals surface area contributed by atoms with Gasteiger partial charge in [0.05, 0.1) is 0 Å². The first kappa shape index (κ1) is 14.4. The zero-order chi connectivity index (χ0) is 14.0. The third-order valence-corrected chi connectivity index (χ3v) is 3.84. The molecule has 0 aliphatic heterocycles. The minimum atomic E-state index is 0.161. The summed E-state index contributed by atoms with van der Waals surface area (Å²) in [4.78, 5) is 0. The van der Waals surface area contributed by atoms with Crippen molar-refractivity contribution >= 4 is 23.2 Å². The van der Waals surface area contributed by atoms with Crippen LogP contribution < -0.4 is 5.32 Å². The van der Waals surface area contributed by atoms with Gasteiger partial charge in [-0.15, -0.1) is 0 Å². The summed E-state index contributed by atoms with van der Waals surface area (Å²) in [5.74, 6) is 1.86. The highest BCUT2D eigenvalue weighted by molar-refractivity contribution is 6.33. The lowest BCUT2D eigenvalue weighted by molar-refractivity contribution is 0.490. The Morgan fingerprint density at radius 3 is 2.53 bits per heavy atom. The van der Waals surface area contributed by atoms with Crippen LogP contribution in [0.2, 0.25) is 10.0 Å². The predicted octanol–water partition coefficient (Wildman–Crippen LogP) is 4.71. The van der Waals surface area contributed by atoms with E-state index in [2.05, 4.69) is 11.4 Å². The Balaban J connectivity index is 2.29. The first-order valence-electron chi connectivity index (χ1n) is 6.19. The van der Waals surface area contributed by atoms with E-state index in [0.29, 0.717) is 5.02 Å². The fraction of sp³-hybridized carbons (Fsp3) is 0.333. The van der Waals surface area contributed by atoms with Crippen molar-refractivity contribution in [2.45, 2.75) is 26.3 Å². The smallest absolute Gasteiger partial charge is 0.105 e. The van der Waals surface area contributed by atoms with E-state index in [1.54, 1.807) is 6.07 Å². The van der Waals surface area contributed by atoms with E-state index in [4.69, 9.17) is 27.6 Å². The molecule has 0 saturated heterocycles. The summed E-state index contributed by atoms with van der Waals surface area (Å²) < 4.78 is 5.59. The highest BCUT2D eigenvalue weighted by Crippen LogP contribution is 2.28. The Bertz CT molecular complexity index is 578. The van der Waals surface area contributed by atoms with E-state index in [1.807, 2.05) is 33.0 Å². The molecule has 2 nitrogen and oxygen atoms in total. The fourth-order valence-electron chi connectivity index (χ4n) is 2.28. The molecular formula is C15H17Cl2NO. The minimum Gasteiger partial charge on any atom is -0.466 e. The van der Waals surface area contributed by atoms with E-state index in [9.17, 15) is 0 Å². The summed E-state index contributed by atoms with van der Waals surface area (Å²) in [6.07, 6.45) is 0.774. The van der Waals surface area contributed by atoms with Crippen molar-refractivity contribution < 1.29 is 4.42 Å². The van der Waals surface area contributed by atoms with Gasteiger partial charge < -0.3 is 9.73 Å². The molecule has 0 aliphatic carbocycles. The molecular weight excluding hydrogens is 281 g/mol. The van der Waals surface area contributed by atoms with Crippen LogP contribution in [0.15, 0.2) is 28.7 Å². The average molecular weight is 298 g/mol. The largest absolute Gasteiger partial charge is 0.466 e. The summed E-state index contributed by atoms with van der Waals surface area (Å²) in [5, 5.41) is 4.75. The van der Waals surface area contributed by atoms with E-state index >= 15 is 0 Å². The van der Waals surface area contributed by atoms with E-state index in [-0.39, 0.29) is 6.04 Å². The molecule has 0 amide bonds. The van der Waals surface area contributed by atoms with Gasteiger partial charge in [-0.25, -0.2) is 0 Å². The maximum atomic E-state index is 6.22. The third kappa shape index (κ3) is 3.33. The van der Waals surface area contributed by atoms with Crippen LogP contribution in [0.4, 0.5) is 0 Å². The fourth-order valence-corrected chi connectivity index (χ4v) is 2.67. The number of furan rings is 1. The van der Waals surface area contributed by atoms with Gasteiger partial charge in [0.25, 0.3) is 0 Å². The molecule has 0 aliphatic rings. The normalized spacial score (nSPS) is 12.7. The SMILES string of the molecule is CNC(Cc1cc(Cl)ccc1Cl)c1cc(C)oc1C. The molecule has 2 aromatic rings. The van der Waals surface area contributed by atoms with Crippen molar-refractivity contribution in [2.24, 2.45) is 0 Å². The Hall–Kier alpha value is -0.960. The van der Waals surface area contributed by atoms with Gasteiger partial charge in [-0.2, -0.15) is 0 Å². The van der Waals surface area contributed by atoms with Gasteiger partial charge in [0.15, 0.2) is 0 Å². The van der Waals surface area contributed by atoms with Gasteiger partial charge in [0.2, 0.25) is 0 Å². The molecule has 1 heterocycles. The van der Waals surface area contributed by atoms with Crippen molar-refractivity contribution in [3.05, 3.63) is 57.0 Å². The molecule has 2 rings (SSSR count). The standard InChI is InChI=1S/C15H17Cl2NO/c1-9-6-13(10(2)19-9)15(18-3)8-11-7-12(16)4-5-14(11)17/h4-7,15,18H,8H2,1-3H3. The molecule has 0 fully saturated rings. The lowest BCUT2D eigenvalue weighted by Crippen LogP contribution is -2.19. The van der Waals surface area contributed by atoms with Crippen molar-refractivity contribution in [1.82, 2.24) is 5.32 Å². The third-order valence-electron chi connectivity index (χ3n) is 3.24. The van der Waals surface area contributed by atoms with Crippen LogP contribution in [0, 0.1) is 13.8 Å². The molecule has 102 valence electrons. The molecule has 1 N–H and O–H groups in total. The van der Waals surface area contributed by atoms with Crippen LogP contribution in [-0.4, -0.2) is 7.05 Å². The van der Waals surface area contributed by atoms with Crippen molar-refractivity contribution in [3.8, 4) is 0 Å². The number of aryl methyl sites for hydroxylation is 2. The Labute approximate surface area is 123 Å². The number of rotatable bonds is 4. The molecule has 1 aromatic heterocycles. The van der Waals surface area contributed by atoms with Crippen LogP contribution in [0.3, 0.4) is 0 Å². The van der Waals surface area contributed by atoms with Gasteiger partial charge >= 0.3 is 0 Å². The number of likely N-dealkylation sites (N-methyl/N-ethyl adjacent to an activating group) is 1. The van der Waals surface area contributed by atoms with Gasteiger partial charge in [-0.05, 0) is 57.1 Å². The summed E-state index contributed by atoms with van der Waals surface area (Å²) in [5.41, 5.74) is 2.20. The first-order valence-corrected chi connectivity index (χ1v) is 6.95. The quantitative estimate of drug-likeness (QED) is 0.884. The molecule has 1 unspecified atom stereocenters. The molecule has 1 atom stereocenters. The number of hydrogen-bond donors (Lipinski definition) is 1. The van der Waals surface area contributed by atoms with Crippen LogP contribution >= 0.6 is 23.2 Å². The van der Waals surface area contributed by atoms with Gasteiger partial charge in [-0.1, -0.05) is 23.2 Å². The van der Waals surface area contributed by atoms with Crippen LogP contribution in [0.5, 0.6) is 0 Å². The summed E-state index contributed by atoms with van der Waals surface area (Å²) in [6, 6.07) is 7.77. The summed E-state index contributed by atoms with van der Waals surface area (Å²) in [6.45, 7) is 3.93. The van der Waals surface area contributed by atoms with Gasteiger partial charge in [0.1, 0.15) is 11.5 Å². The van der Waals surface area contributed by atoms with Crippen molar-refractivity contribution in [1.29, 1.82) is 0 Å². The second-order valence-electron chi connectivity index (χ2n) is 4.65. The predicted molar refractivity (Wildman–Crippen MR) is 80.1 cm³/mol. The van der Waals surface area contributed by atoms with E-state index < -0.39 is 0 Å². The van der Waals surface area contributed by atoms with Crippen molar-refractivity contribution in [3.63, 3.8) is 0 Å². The Morgan fingerprint density at radius 2 is 1.95 bits per heavy atom. The van der Waals surface area contributed by atoms with Crippen LogP contribution in [0.25, 0.3) is 0 Å². The Kier molecular flexibility index (Phi) is 4.56. The van der Waals surface area contributed by atoms with Gasteiger partial charge in [-0.3, -0.25) is 0 Å². The maximum Gasteiger partial charge on any atom is 0.105 e. The second kappa shape index (κ2) is 6.00. The van der Waals surface area contributed by atoms with Crippen molar-refractivity contribution in [2.75, 3.05) is 7.05 Å². The maximum absolute atomic E-state index is 6.22. The molecule has 0 spiro atoms. The lowest BCUT2D eigenvalue weighted by atomic mass is 9.99. The zero-order valence-electron chi connectivity index (χ0n) is 11.3. The van der Waals surface area contributed by atoms with E-state index in [0.717, 1.165) is 34.1 Å². The van der Waals surface area contributed by atoms with Crippen LogP contribution in [0.1, 0.15) is 28.7 Å². The molecule has 0 radical (unpaired) electrons. The minimum absolute atomic E-state index is 0.161. The van der Waals surface area contributed by atoms with E-state index in [1.165, 1.54) is 0 Å². The lowest BCUT2D eigenvalue weighted by Gasteiger charge is -2.16. The monoisotopic (exact) mass is 297 g/mol. The Morgan fingerprint density at radius 1 is 1.21 bits per heavy atom. The molecule has 1 aromatic carbocycles. The first-order chi connectivity index (χ1) is 9.01. The van der Waals surface area contributed by atoms with Crippen LogP contribution in [-0.2, 0) is 6.42 Å². The average Bonchev–Trinajstić information content (AvgIpc) is 2.69. The van der Waals surface area contributed by atoms with Gasteiger partial charge in [0, 0.05) is 21.7 Å². The summed E-state index contributed by atoms with van der Waals surface area (Å²) in [7, 11) is 1.94. The second-order valence-corrected chi connectivity index (χ2v) is 5.49. The highest BCUT2D eigenvalue weighted by atomic mass is 35.5. The topological polar surface area (TPSA) is 25.2 Å². The number of nitrogens with one attached hydrogen (secondary N) is 1. The number of halogens is 2. The summed E-state index contributed by atoms with van der Waals surface area (Å²) >= 11 is 12.2. The molecule has 4 heteroatoms. The molecule has 19 heavy (non-hydrogen) atoms. The number of benzene rings is 1. The number of hydrogen-bond acceptors (Lipinski definition) is 2.